The highest BCUT2D eigenvalue weighted by atomic mass is 35.5. The molecule has 3 aromatic rings. The van der Waals surface area contributed by atoms with Gasteiger partial charge in [0.1, 0.15) is 18.3 Å². The van der Waals surface area contributed by atoms with Crippen molar-refractivity contribution in [2.24, 2.45) is 0 Å². The van der Waals surface area contributed by atoms with E-state index in [2.05, 4.69) is 5.10 Å². The molecule has 36 heavy (non-hydrogen) atoms. The largest absolute Gasteiger partial charge is 0.417 e. The van der Waals surface area contributed by atoms with E-state index in [1.165, 1.54) is 38.3 Å². The monoisotopic (exact) mass is 542 g/mol. The maximum absolute atomic E-state index is 13.4. The smallest absolute Gasteiger partial charge is 0.382 e. The Morgan fingerprint density at radius 2 is 1.72 bits per heavy atom. The molecule has 0 saturated carbocycles. The number of halogens is 5. The average Bonchev–Trinajstić information content (AvgIpc) is 2.83. The van der Waals surface area contributed by atoms with Crippen LogP contribution in [0.25, 0.3) is 5.69 Å². The van der Waals surface area contributed by atoms with Crippen molar-refractivity contribution in [1.29, 1.82) is 5.26 Å². The van der Waals surface area contributed by atoms with E-state index in [-0.39, 0.29) is 41.8 Å². The molecule has 0 bridgehead atoms. The fourth-order valence-corrected chi connectivity index (χ4v) is 3.92. The van der Waals surface area contributed by atoms with E-state index in [0.717, 1.165) is 27.6 Å². The molecule has 0 amide bonds. The highest BCUT2D eigenvalue weighted by molar-refractivity contribution is 6.32. The van der Waals surface area contributed by atoms with Gasteiger partial charge in [0.2, 0.25) is 0 Å². The Labute approximate surface area is 213 Å². The van der Waals surface area contributed by atoms with Gasteiger partial charge < -0.3 is 9.47 Å². The third-order valence-corrected chi connectivity index (χ3v) is 6.08. The summed E-state index contributed by atoms with van der Waals surface area (Å²) in [6, 6.07) is 9.30. The van der Waals surface area contributed by atoms with Gasteiger partial charge in [-0.2, -0.15) is 28.2 Å². The Morgan fingerprint density at radius 1 is 1.06 bits per heavy atom. The van der Waals surface area contributed by atoms with Crippen molar-refractivity contribution in [1.82, 2.24) is 14.3 Å². The van der Waals surface area contributed by atoms with Crippen molar-refractivity contribution in [2.45, 2.75) is 25.2 Å². The summed E-state index contributed by atoms with van der Waals surface area (Å²) in [4.78, 5) is 25.1. The summed E-state index contributed by atoms with van der Waals surface area (Å²) in [5.74, 6) is 0. The molecule has 190 valence electrons. The zero-order valence-corrected chi connectivity index (χ0v) is 20.5. The van der Waals surface area contributed by atoms with E-state index in [1.54, 1.807) is 0 Å². The molecule has 1 heterocycles. The van der Waals surface area contributed by atoms with Gasteiger partial charge in [0, 0.05) is 12.1 Å². The number of hydrogen-bond donors (Lipinski definition) is 0. The van der Waals surface area contributed by atoms with E-state index in [1.807, 2.05) is 6.07 Å². The molecule has 2 aromatic carbocycles. The first-order valence-corrected chi connectivity index (χ1v) is 11.0. The summed E-state index contributed by atoms with van der Waals surface area (Å²) in [5, 5.41) is 13.4. The minimum Gasteiger partial charge on any atom is -0.382 e. The lowest BCUT2D eigenvalue weighted by atomic mass is 9.77. The standard InChI is InChI=1S/C23H19Cl2F3N4O4/c1-22(12-29,14-3-5-19(25)17(9-14)23(26,27)28)16-10-15(4-6-18(16)24)32-21(34)31(20(33)11-30-32)13-36-8-7-35-2/h3-6,9-11H,7-8,13H2,1-2H3. The molecule has 1 aromatic heterocycles. The van der Waals surface area contributed by atoms with E-state index in [0.29, 0.717) is 0 Å². The third-order valence-electron chi connectivity index (χ3n) is 5.42. The lowest BCUT2D eigenvalue weighted by molar-refractivity contribution is -0.137. The third kappa shape index (κ3) is 5.47. The maximum atomic E-state index is 13.4. The molecule has 0 saturated heterocycles. The van der Waals surface area contributed by atoms with Crippen LogP contribution in [0.3, 0.4) is 0 Å². The number of aromatic nitrogens is 3. The molecule has 0 N–H and O–H groups in total. The number of nitrogens with zero attached hydrogens (tertiary/aromatic N) is 4. The van der Waals surface area contributed by atoms with Crippen molar-refractivity contribution in [3.63, 3.8) is 0 Å². The van der Waals surface area contributed by atoms with Gasteiger partial charge in [-0.3, -0.25) is 4.79 Å². The van der Waals surface area contributed by atoms with Crippen LogP contribution in [0.5, 0.6) is 0 Å². The van der Waals surface area contributed by atoms with Crippen molar-refractivity contribution in [2.75, 3.05) is 20.3 Å². The minimum atomic E-state index is -4.74. The van der Waals surface area contributed by atoms with Crippen LogP contribution in [0.15, 0.2) is 52.2 Å². The predicted octanol–water partition coefficient (Wildman–Crippen LogP) is 4.17. The first-order chi connectivity index (χ1) is 16.9. The summed E-state index contributed by atoms with van der Waals surface area (Å²) in [7, 11) is 1.47. The van der Waals surface area contributed by atoms with E-state index >= 15 is 0 Å². The number of hydrogen-bond acceptors (Lipinski definition) is 6. The minimum absolute atomic E-state index is 0.0161. The maximum Gasteiger partial charge on any atom is 0.417 e. The van der Waals surface area contributed by atoms with Gasteiger partial charge in [-0.05, 0) is 48.4 Å². The molecule has 8 nitrogen and oxygen atoms in total. The molecule has 3 rings (SSSR count). The Morgan fingerprint density at radius 3 is 2.36 bits per heavy atom. The summed E-state index contributed by atoms with van der Waals surface area (Å²) in [5.41, 5.74) is -4.09. The number of nitriles is 1. The van der Waals surface area contributed by atoms with E-state index in [4.69, 9.17) is 32.7 Å². The second-order valence-electron chi connectivity index (χ2n) is 7.73. The lowest BCUT2D eigenvalue weighted by Gasteiger charge is -2.26. The Hall–Kier alpha value is -3.17. The molecule has 0 fully saturated rings. The number of benzene rings is 2. The highest BCUT2D eigenvalue weighted by Crippen LogP contribution is 2.41. The van der Waals surface area contributed by atoms with Crippen LogP contribution in [0.2, 0.25) is 10.0 Å². The van der Waals surface area contributed by atoms with Gasteiger partial charge in [0.25, 0.3) is 5.56 Å². The van der Waals surface area contributed by atoms with Crippen LogP contribution in [0.1, 0.15) is 23.6 Å². The van der Waals surface area contributed by atoms with Gasteiger partial charge >= 0.3 is 11.9 Å². The SMILES string of the molecule is COCCOCn1c(=O)cnn(-c2ccc(Cl)c(C(C)(C#N)c3ccc(Cl)c(C(F)(F)F)c3)c2)c1=O. The molecule has 0 aliphatic rings. The van der Waals surface area contributed by atoms with Gasteiger partial charge in [-0.25, -0.2) is 9.36 Å². The fraction of sp³-hybridized carbons (Fsp3) is 0.304. The van der Waals surface area contributed by atoms with Crippen LogP contribution in [0, 0.1) is 11.3 Å². The van der Waals surface area contributed by atoms with E-state index in [9.17, 15) is 28.0 Å². The summed E-state index contributed by atoms with van der Waals surface area (Å²) in [6.07, 6.45) is -3.83. The van der Waals surface area contributed by atoms with Crippen molar-refractivity contribution >= 4 is 23.2 Å². The number of methoxy groups -OCH3 is 1. The topological polar surface area (TPSA) is 99.1 Å². The van der Waals surface area contributed by atoms with Crippen molar-refractivity contribution < 1.29 is 22.6 Å². The second-order valence-corrected chi connectivity index (χ2v) is 8.54. The van der Waals surface area contributed by atoms with Crippen LogP contribution in [0.4, 0.5) is 13.2 Å². The highest BCUT2D eigenvalue weighted by Gasteiger charge is 2.37. The van der Waals surface area contributed by atoms with Crippen molar-refractivity contribution in [3.8, 4) is 11.8 Å². The molecule has 0 aliphatic carbocycles. The molecule has 0 spiro atoms. The Bertz CT molecular complexity index is 1430. The van der Waals surface area contributed by atoms with Crippen LogP contribution < -0.4 is 11.2 Å². The Kier molecular flexibility index (Phi) is 8.26. The molecular formula is C23H19Cl2F3N4O4. The molecule has 13 heteroatoms. The summed E-state index contributed by atoms with van der Waals surface area (Å²) >= 11 is 12.1. The fourth-order valence-electron chi connectivity index (χ4n) is 3.39. The number of alkyl halides is 3. The molecule has 0 radical (unpaired) electrons. The van der Waals surface area contributed by atoms with Gasteiger partial charge in [0.05, 0.1) is 35.6 Å². The van der Waals surface area contributed by atoms with Crippen LogP contribution >= 0.6 is 23.2 Å². The second kappa shape index (κ2) is 10.8. The first-order valence-electron chi connectivity index (χ1n) is 10.3. The normalized spacial score (nSPS) is 13.3. The van der Waals surface area contributed by atoms with Crippen molar-refractivity contribution in [3.05, 3.63) is 90.2 Å². The van der Waals surface area contributed by atoms with Crippen LogP contribution in [-0.2, 0) is 27.8 Å². The quantitative estimate of drug-likeness (QED) is 0.396. The number of rotatable bonds is 8. The zero-order chi connectivity index (χ0) is 26.7. The molecule has 1 atom stereocenters. The van der Waals surface area contributed by atoms with Crippen LogP contribution in [-0.4, -0.2) is 34.7 Å². The molecular weight excluding hydrogens is 524 g/mol. The molecule has 1 unspecified atom stereocenters. The van der Waals surface area contributed by atoms with Gasteiger partial charge in [-0.1, -0.05) is 29.3 Å². The zero-order valence-electron chi connectivity index (χ0n) is 19.0. The molecule has 0 aliphatic heterocycles. The summed E-state index contributed by atoms with van der Waals surface area (Å²) < 4.78 is 52.2. The Balaban J connectivity index is 2.13. The number of ether oxygens (including phenoxy) is 2. The van der Waals surface area contributed by atoms with Gasteiger partial charge in [-0.15, -0.1) is 0 Å². The average molecular weight is 543 g/mol. The lowest BCUT2D eigenvalue weighted by Crippen LogP contribution is -2.41. The van der Waals surface area contributed by atoms with E-state index < -0.39 is 33.4 Å². The first kappa shape index (κ1) is 27.4. The summed E-state index contributed by atoms with van der Waals surface area (Å²) in [6.45, 7) is 1.42. The predicted molar refractivity (Wildman–Crippen MR) is 125 cm³/mol. The van der Waals surface area contributed by atoms with Gasteiger partial charge in [0.15, 0.2) is 0 Å².